The van der Waals surface area contributed by atoms with E-state index in [0.29, 0.717) is 12.6 Å². The molecule has 0 spiro atoms. The van der Waals surface area contributed by atoms with E-state index in [1.165, 1.54) is 5.56 Å². The fourth-order valence-electron chi connectivity index (χ4n) is 2.21. The van der Waals surface area contributed by atoms with Crippen molar-refractivity contribution in [3.8, 4) is 11.5 Å². The molecule has 1 aromatic carbocycles. The number of rotatable bonds is 5. The van der Waals surface area contributed by atoms with Crippen molar-refractivity contribution in [2.75, 3.05) is 33.8 Å². The second kappa shape index (κ2) is 5.38. The predicted molar refractivity (Wildman–Crippen MR) is 67.5 cm³/mol. The lowest BCUT2D eigenvalue weighted by Gasteiger charge is -2.23. The van der Waals surface area contributed by atoms with Gasteiger partial charge in [0.05, 0.1) is 6.04 Å². The van der Waals surface area contributed by atoms with E-state index in [4.69, 9.17) is 4.74 Å². The summed E-state index contributed by atoms with van der Waals surface area (Å²) >= 11 is 0. The van der Waals surface area contributed by atoms with Crippen LogP contribution in [0.25, 0.3) is 0 Å². The zero-order valence-corrected chi connectivity index (χ0v) is 10.4. The lowest BCUT2D eigenvalue weighted by molar-refractivity contribution is 0.194. The third kappa shape index (κ3) is 2.70. The van der Waals surface area contributed by atoms with Crippen LogP contribution in [0.3, 0.4) is 0 Å². The average molecular weight is 236 g/mol. The largest absolute Gasteiger partial charge is 0.508 e. The van der Waals surface area contributed by atoms with Crippen LogP contribution in [0, 0.1) is 0 Å². The molecule has 0 amide bonds. The van der Waals surface area contributed by atoms with E-state index < -0.39 is 0 Å². The van der Waals surface area contributed by atoms with E-state index in [-0.39, 0.29) is 5.75 Å². The van der Waals surface area contributed by atoms with Crippen LogP contribution in [0.5, 0.6) is 11.5 Å². The Kier molecular flexibility index (Phi) is 3.86. The van der Waals surface area contributed by atoms with Gasteiger partial charge in [0, 0.05) is 11.6 Å². The van der Waals surface area contributed by atoms with Gasteiger partial charge in [-0.3, -0.25) is 4.90 Å². The van der Waals surface area contributed by atoms with Crippen molar-refractivity contribution in [2.24, 2.45) is 0 Å². The van der Waals surface area contributed by atoms with Crippen LogP contribution in [0.1, 0.15) is 18.0 Å². The maximum absolute atomic E-state index is 9.39. The molecule has 1 unspecified atom stereocenters. The van der Waals surface area contributed by atoms with Gasteiger partial charge in [-0.25, -0.2) is 0 Å². The molecule has 0 bridgehead atoms. The second-order valence-corrected chi connectivity index (χ2v) is 4.49. The number of hydrogen-bond donors (Lipinski definition) is 2. The van der Waals surface area contributed by atoms with Crippen molar-refractivity contribution >= 4 is 0 Å². The van der Waals surface area contributed by atoms with Gasteiger partial charge in [-0.2, -0.15) is 0 Å². The Hall–Kier alpha value is -1.26. The predicted octanol–water partition coefficient (Wildman–Crippen LogP) is 1.37. The number of hydrogen-bond acceptors (Lipinski definition) is 4. The van der Waals surface area contributed by atoms with Crippen LogP contribution >= 0.6 is 0 Å². The number of phenols is 1. The standard InChI is InChI=1S/C13H20N2O2/c1-14-6-3-7-15(2)12-9-17-13-8-10(16)4-5-11(12)13/h4-5,8,12,14,16H,3,6-7,9H2,1-2H3. The number of likely N-dealkylation sites (N-methyl/N-ethyl adjacent to an activating group) is 1. The summed E-state index contributed by atoms with van der Waals surface area (Å²) in [5, 5.41) is 12.5. The van der Waals surface area contributed by atoms with Crippen LogP contribution in [0.4, 0.5) is 0 Å². The molecule has 94 valence electrons. The summed E-state index contributed by atoms with van der Waals surface area (Å²) in [6.07, 6.45) is 1.12. The molecule has 1 atom stereocenters. The highest BCUT2D eigenvalue weighted by Gasteiger charge is 2.27. The summed E-state index contributed by atoms with van der Waals surface area (Å²) in [6.45, 7) is 2.74. The first-order valence-electron chi connectivity index (χ1n) is 6.03. The Labute approximate surface area is 102 Å². The molecule has 0 radical (unpaired) electrons. The summed E-state index contributed by atoms with van der Waals surface area (Å²) in [4.78, 5) is 2.31. The number of nitrogens with one attached hydrogen (secondary N) is 1. The number of fused-ring (bicyclic) bond motifs is 1. The normalized spacial score (nSPS) is 18.2. The average Bonchev–Trinajstić information content (AvgIpc) is 2.72. The highest BCUT2D eigenvalue weighted by atomic mass is 16.5. The molecule has 1 heterocycles. The SMILES string of the molecule is CNCCCN(C)C1COc2cc(O)ccc21. The van der Waals surface area contributed by atoms with E-state index in [1.807, 2.05) is 13.1 Å². The molecule has 4 nitrogen and oxygen atoms in total. The molecular formula is C13H20N2O2. The van der Waals surface area contributed by atoms with Gasteiger partial charge in [-0.1, -0.05) is 0 Å². The van der Waals surface area contributed by atoms with E-state index in [0.717, 1.165) is 25.3 Å². The highest BCUT2D eigenvalue weighted by molar-refractivity contribution is 5.44. The Balaban J connectivity index is 2.01. The minimum Gasteiger partial charge on any atom is -0.508 e. The van der Waals surface area contributed by atoms with Crippen molar-refractivity contribution in [3.05, 3.63) is 23.8 Å². The number of benzene rings is 1. The van der Waals surface area contributed by atoms with Crippen molar-refractivity contribution in [1.29, 1.82) is 0 Å². The van der Waals surface area contributed by atoms with Gasteiger partial charge < -0.3 is 15.2 Å². The topological polar surface area (TPSA) is 44.7 Å². The molecule has 2 N–H and O–H groups in total. The van der Waals surface area contributed by atoms with Crippen LogP contribution < -0.4 is 10.1 Å². The molecule has 0 saturated carbocycles. The molecule has 17 heavy (non-hydrogen) atoms. The first kappa shape index (κ1) is 12.2. The molecule has 2 rings (SSSR count). The zero-order valence-electron chi connectivity index (χ0n) is 10.4. The van der Waals surface area contributed by atoms with E-state index in [9.17, 15) is 5.11 Å². The second-order valence-electron chi connectivity index (χ2n) is 4.49. The third-order valence-corrected chi connectivity index (χ3v) is 3.22. The third-order valence-electron chi connectivity index (χ3n) is 3.22. The fraction of sp³-hybridized carbons (Fsp3) is 0.538. The molecule has 1 aromatic rings. The van der Waals surface area contributed by atoms with Crippen LogP contribution in [0.15, 0.2) is 18.2 Å². The number of ether oxygens (including phenoxy) is 1. The van der Waals surface area contributed by atoms with Crippen molar-refractivity contribution in [3.63, 3.8) is 0 Å². The number of nitrogens with zero attached hydrogens (tertiary/aromatic N) is 1. The molecule has 0 aliphatic carbocycles. The lowest BCUT2D eigenvalue weighted by atomic mass is 10.1. The quantitative estimate of drug-likeness (QED) is 0.758. The zero-order chi connectivity index (χ0) is 12.3. The van der Waals surface area contributed by atoms with Gasteiger partial charge in [0.25, 0.3) is 0 Å². The Morgan fingerprint density at radius 2 is 2.35 bits per heavy atom. The summed E-state index contributed by atoms with van der Waals surface area (Å²) in [7, 11) is 4.09. The molecule has 4 heteroatoms. The summed E-state index contributed by atoms with van der Waals surface area (Å²) in [5.74, 6) is 1.08. The number of aromatic hydroxyl groups is 1. The van der Waals surface area contributed by atoms with Crippen molar-refractivity contribution in [1.82, 2.24) is 10.2 Å². The molecular weight excluding hydrogens is 216 g/mol. The van der Waals surface area contributed by atoms with Crippen LogP contribution in [0.2, 0.25) is 0 Å². The van der Waals surface area contributed by atoms with Gasteiger partial charge in [0.15, 0.2) is 0 Å². The maximum atomic E-state index is 9.39. The lowest BCUT2D eigenvalue weighted by Crippen LogP contribution is -2.28. The Bertz CT molecular complexity index is 382. The molecule has 0 saturated heterocycles. The van der Waals surface area contributed by atoms with Gasteiger partial charge in [0.1, 0.15) is 18.1 Å². The van der Waals surface area contributed by atoms with Crippen molar-refractivity contribution < 1.29 is 9.84 Å². The highest BCUT2D eigenvalue weighted by Crippen LogP contribution is 2.37. The van der Waals surface area contributed by atoms with Crippen LogP contribution in [-0.2, 0) is 0 Å². The summed E-state index contributed by atoms with van der Waals surface area (Å²) in [6, 6.07) is 5.68. The van der Waals surface area contributed by atoms with E-state index in [2.05, 4.69) is 17.3 Å². The summed E-state index contributed by atoms with van der Waals surface area (Å²) in [5.41, 5.74) is 1.18. The monoisotopic (exact) mass is 236 g/mol. The molecule has 0 aromatic heterocycles. The molecule has 1 aliphatic heterocycles. The van der Waals surface area contributed by atoms with Gasteiger partial charge in [-0.15, -0.1) is 0 Å². The number of phenolic OH excluding ortho intramolecular Hbond substituents is 1. The van der Waals surface area contributed by atoms with Crippen LogP contribution in [-0.4, -0.2) is 43.8 Å². The first-order valence-corrected chi connectivity index (χ1v) is 6.03. The minimum atomic E-state index is 0.266. The van der Waals surface area contributed by atoms with Gasteiger partial charge in [0.2, 0.25) is 0 Å². The van der Waals surface area contributed by atoms with E-state index >= 15 is 0 Å². The molecule has 0 fully saturated rings. The Morgan fingerprint density at radius 1 is 1.53 bits per heavy atom. The smallest absolute Gasteiger partial charge is 0.127 e. The van der Waals surface area contributed by atoms with Gasteiger partial charge >= 0.3 is 0 Å². The minimum absolute atomic E-state index is 0.266. The van der Waals surface area contributed by atoms with Gasteiger partial charge in [-0.05, 0) is 45.7 Å². The first-order chi connectivity index (χ1) is 8.22. The fourth-order valence-corrected chi connectivity index (χ4v) is 2.21. The summed E-state index contributed by atoms with van der Waals surface area (Å²) < 4.78 is 5.60. The van der Waals surface area contributed by atoms with E-state index in [1.54, 1.807) is 12.1 Å². The maximum Gasteiger partial charge on any atom is 0.127 e. The van der Waals surface area contributed by atoms with Crippen molar-refractivity contribution in [2.45, 2.75) is 12.5 Å². The molecule has 1 aliphatic rings. The Morgan fingerprint density at radius 3 is 3.12 bits per heavy atom.